The Morgan fingerprint density at radius 2 is 2.15 bits per heavy atom. The van der Waals surface area contributed by atoms with Gasteiger partial charge < -0.3 is 9.64 Å². The van der Waals surface area contributed by atoms with Crippen LogP contribution in [0.2, 0.25) is 5.02 Å². The maximum atomic E-state index is 11.6. The molecule has 2 atom stereocenters. The molecule has 4 nitrogen and oxygen atoms in total. The molecule has 1 aromatic rings. The molecule has 0 unspecified atom stereocenters. The van der Waals surface area contributed by atoms with Crippen LogP contribution in [0.5, 0.6) is 0 Å². The predicted octanol–water partition coefficient (Wildman–Crippen LogP) is 3.88. The molecule has 27 heavy (non-hydrogen) atoms. The Kier molecular flexibility index (Phi) is 5.58. The SMILES string of the molecule is C[C@H](Cc1ccc([C@H]2CCCCO2)c(Cl)c1)CN1CCC2(C1)CS(=O)(=O)C2. The molecular formula is C21H30ClNO3S. The van der Waals surface area contributed by atoms with E-state index in [0.29, 0.717) is 17.4 Å². The predicted molar refractivity (Wildman–Crippen MR) is 109 cm³/mol. The monoisotopic (exact) mass is 411 g/mol. The lowest BCUT2D eigenvalue weighted by Gasteiger charge is -2.37. The van der Waals surface area contributed by atoms with Crippen LogP contribution in [0, 0.1) is 11.3 Å². The van der Waals surface area contributed by atoms with E-state index in [1.54, 1.807) is 0 Å². The lowest BCUT2D eigenvalue weighted by Crippen LogP contribution is -2.50. The summed E-state index contributed by atoms with van der Waals surface area (Å²) in [5.41, 5.74) is 2.45. The minimum absolute atomic E-state index is 0.0590. The lowest BCUT2D eigenvalue weighted by atomic mass is 9.91. The summed E-state index contributed by atoms with van der Waals surface area (Å²) < 4.78 is 29.0. The number of nitrogens with zero attached hydrogens (tertiary/aromatic N) is 1. The van der Waals surface area contributed by atoms with E-state index in [2.05, 4.69) is 30.0 Å². The molecule has 3 fully saturated rings. The molecular weight excluding hydrogens is 382 g/mol. The Hall–Kier alpha value is -0.620. The summed E-state index contributed by atoms with van der Waals surface area (Å²) in [4.78, 5) is 2.45. The Labute approximate surface area is 168 Å². The molecule has 3 heterocycles. The smallest absolute Gasteiger partial charge is 0.151 e. The van der Waals surface area contributed by atoms with E-state index >= 15 is 0 Å². The van der Waals surface area contributed by atoms with Crippen molar-refractivity contribution in [2.24, 2.45) is 11.3 Å². The van der Waals surface area contributed by atoms with Crippen LogP contribution >= 0.6 is 11.6 Å². The topological polar surface area (TPSA) is 46.6 Å². The highest BCUT2D eigenvalue weighted by Gasteiger charge is 2.51. The molecule has 150 valence electrons. The van der Waals surface area contributed by atoms with E-state index in [1.165, 1.54) is 12.0 Å². The fraction of sp³-hybridized carbons (Fsp3) is 0.714. The zero-order valence-corrected chi connectivity index (χ0v) is 17.7. The van der Waals surface area contributed by atoms with E-state index in [9.17, 15) is 8.42 Å². The molecule has 6 heteroatoms. The molecule has 0 bridgehead atoms. The number of hydrogen-bond acceptors (Lipinski definition) is 4. The van der Waals surface area contributed by atoms with E-state index < -0.39 is 9.84 Å². The Morgan fingerprint density at radius 1 is 1.33 bits per heavy atom. The molecule has 3 aliphatic rings. The average Bonchev–Trinajstić information content (AvgIpc) is 2.97. The standard InChI is InChI=1S/C21H30ClNO3S/c1-16(12-23-8-7-21(13-23)14-27(24,25)15-21)10-17-5-6-18(19(22)11-17)20-4-2-3-9-26-20/h5-6,11,16,20H,2-4,7-10,12-15H2,1H3/t16-,20-/m1/s1. The van der Waals surface area contributed by atoms with Crippen LogP contribution in [0.15, 0.2) is 18.2 Å². The highest BCUT2D eigenvalue weighted by molar-refractivity contribution is 7.92. The molecule has 0 N–H and O–H groups in total. The van der Waals surface area contributed by atoms with Gasteiger partial charge in [-0.3, -0.25) is 0 Å². The number of hydrogen-bond donors (Lipinski definition) is 0. The molecule has 3 saturated heterocycles. The van der Waals surface area contributed by atoms with Crippen molar-refractivity contribution in [2.45, 2.75) is 45.1 Å². The molecule has 0 aromatic heterocycles. The highest BCUT2D eigenvalue weighted by atomic mass is 35.5. The van der Waals surface area contributed by atoms with Gasteiger partial charge in [0.2, 0.25) is 0 Å². The quantitative estimate of drug-likeness (QED) is 0.737. The Bertz CT molecular complexity index is 777. The van der Waals surface area contributed by atoms with E-state index in [0.717, 1.165) is 62.5 Å². The van der Waals surface area contributed by atoms with Gasteiger partial charge in [0.25, 0.3) is 0 Å². The second-order valence-corrected chi connectivity index (χ2v) is 11.5. The van der Waals surface area contributed by atoms with Gasteiger partial charge in [-0.05, 0) is 61.8 Å². The minimum Gasteiger partial charge on any atom is -0.373 e. The molecule has 1 spiro atoms. The van der Waals surface area contributed by atoms with Crippen LogP contribution < -0.4 is 0 Å². The second kappa shape index (κ2) is 7.66. The van der Waals surface area contributed by atoms with Gasteiger partial charge in [-0.2, -0.15) is 0 Å². The maximum absolute atomic E-state index is 11.6. The summed E-state index contributed by atoms with van der Waals surface area (Å²) >= 11 is 6.56. The highest BCUT2D eigenvalue weighted by Crippen LogP contribution is 2.41. The van der Waals surface area contributed by atoms with E-state index in [4.69, 9.17) is 16.3 Å². The van der Waals surface area contributed by atoms with Gasteiger partial charge in [-0.25, -0.2) is 8.42 Å². The van der Waals surface area contributed by atoms with Crippen molar-refractivity contribution in [3.05, 3.63) is 34.3 Å². The second-order valence-electron chi connectivity index (χ2n) is 9.04. The molecule has 0 amide bonds. The minimum atomic E-state index is -2.74. The number of sulfone groups is 1. The lowest BCUT2D eigenvalue weighted by molar-refractivity contribution is 0.0150. The third-order valence-electron chi connectivity index (χ3n) is 6.32. The first-order chi connectivity index (χ1) is 12.8. The number of likely N-dealkylation sites (tertiary alicyclic amines) is 1. The molecule has 4 rings (SSSR count). The first-order valence-corrected chi connectivity index (χ1v) is 12.4. The maximum Gasteiger partial charge on any atom is 0.151 e. The van der Waals surface area contributed by atoms with Gasteiger partial charge in [-0.1, -0.05) is 30.7 Å². The first kappa shape index (κ1) is 19.7. The number of halogens is 1. The van der Waals surface area contributed by atoms with Gasteiger partial charge in [0.05, 0.1) is 17.6 Å². The fourth-order valence-electron chi connectivity index (χ4n) is 5.16. The Balaban J connectivity index is 1.31. The zero-order valence-electron chi connectivity index (χ0n) is 16.1. The van der Waals surface area contributed by atoms with Crippen LogP contribution in [-0.4, -0.2) is 51.1 Å². The van der Waals surface area contributed by atoms with Crippen molar-refractivity contribution in [3.8, 4) is 0 Å². The largest absolute Gasteiger partial charge is 0.373 e. The average molecular weight is 412 g/mol. The zero-order chi connectivity index (χ0) is 19.1. The molecule has 0 radical (unpaired) electrons. The van der Waals surface area contributed by atoms with Crippen LogP contribution in [0.25, 0.3) is 0 Å². The molecule has 1 aromatic carbocycles. The van der Waals surface area contributed by atoms with Crippen molar-refractivity contribution in [2.75, 3.05) is 37.7 Å². The van der Waals surface area contributed by atoms with Crippen molar-refractivity contribution in [3.63, 3.8) is 0 Å². The summed E-state index contributed by atoms with van der Waals surface area (Å²) in [5.74, 6) is 1.31. The van der Waals surface area contributed by atoms with Gasteiger partial charge >= 0.3 is 0 Å². The molecule has 0 saturated carbocycles. The third-order valence-corrected chi connectivity index (χ3v) is 8.75. The number of ether oxygens (including phenoxy) is 1. The number of benzene rings is 1. The summed E-state index contributed by atoms with van der Waals surface area (Å²) in [5, 5.41) is 0.825. The summed E-state index contributed by atoms with van der Waals surface area (Å²) in [6, 6.07) is 6.44. The van der Waals surface area contributed by atoms with Crippen molar-refractivity contribution in [1.29, 1.82) is 0 Å². The van der Waals surface area contributed by atoms with E-state index in [1.807, 2.05) is 0 Å². The van der Waals surface area contributed by atoms with Crippen LogP contribution in [0.1, 0.15) is 49.8 Å². The number of rotatable bonds is 5. The van der Waals surface area contributed by atoms with Gasteiger partial charge in [0.1, 0.15) is 0 Å². The summed E-state index contributed by atoms with van der Waals surface area (Å²) in [6.07, 6.45) is 5.58. The van der Waals surface area contributed by atoms with Gasteiger partial charge in [0.15, 0.2) is 9.84 Å². The van der Waals surface area contributed by atoms with Crippen LogP contribution in [0.4, 0.5) is 0 Å². The third kappa shape index (κ3) is 4.52. The van der Waals surface area contributed by atoms with Crippen molar-refractivity contribution < 1.29 is 13.2 Å². The summed E-state index contributed by atoms with van der Waals surface area (Å²) in [6.45, 7) is 6.09. The van der Waals surface area contributed by atoms with Gasteiger partial charge in [0, 0.05) is 30.1 Å². The Morgan fingerprint density at radius 3 is 2.81 bits per heavy atom. The van der Waals surface area contributed by atoms with Crippen molar-refractivity contribution >= 4 is 21.4 Å². The first-order valence-electron chi connectivity index (χ1n) is 10.2. The van der Waals surface area contributed by atoms with Crippen LogP contribution in [-0.2, 0) is 21.0 Å². The van der Waals surface area contributed by atoms with Crippen molar-refractivity contribution in [1.82, 2.24) is 4.90 Å². The fourth-order valence-corrected chi connectivity index (χ4v) is 7.74. The molecule has 3 aliphatic heterocycles. The van der Waals surface area contributed by atoms with Gasteiger partial charge in [-0.15, -0.1) is 0 Å². The van der Waals surface area contributed by atoms with Crippen LogP contribution in [0.3, 0.4) is 0 Å². The van der Waals surface area contributed by atoms with E-state index in [-0.39, 0.29) is 11.5 Å². The molecule has 0 aliphatic carbocycles. The summed E-state index contributed by atoms with van der Waals surface area (Å²) in [7, 11) is -2.74. The normalized spacial score (nSPS) is 28.1.